The zero-order valence-electron chi connectivity index (χ0n) is 15.5. The smallest absolute Gasteiger partial charge is 0.197 e. The van der Waals surface area contributed by atoms with E-state index < -0.39 is 0 Å². The lowest BCUT2D eigenvalue weighted by Gasteiger charge is -2.21. The lowest BCUT2D eigenvalue weighted by molar-refractivity contribution is 0.103. The highest BCUT2D eigenvalue weighted by Crippen LogP contribution is 2.51. The second kappa shape index (κ2) is 10.8. The van der Waals surface area contributed by atoms with E-state index in [1.807, 2.05) is 0 Å². The van der Waals surface area contributed by atoms with Crippen LogP contribution in [-0.4, -0.2) is 34.2 Å². The number of rotatable bonds is 7. The molecule has 0 aliphatic rings. The predicted molar refractivity (Wildman–Crippen MR) is 139 cm³/mol. The number of alkyl halides is 1. The first-order valence-corrected chi connectivity index (χ1v) is 13.2. The fraction of sp³-hybridized carbons (Fsp3) is 0.278. The summed E-state index contributed by atoms with van der Waals surface area (Å²) in [4.78, 5) is 13.8. The Morgan fingerprint density at radius 2 is 1.03 bits per heavy atom. The molecule has 0 saturated carbocycles. The Kier molecular flexibility index (Phi) is 9.61. The second-order valence-corrected chi connectivity index (χ2v) is 10.1. The minimum Gasteiger partial charge on any atom is -0.492 e. The molecule has 0 heterocycles. The minimum atomic E-state index is -0.245. The monoisotopic (exact) mass is 832 g/mol. The summed E-state index contributed by atoms with van der Waals surface area (Å²) in [6.07, 6.45) is 0. The van der Waals surface area contributed by atoms with Crippen molar-refractivity contribution in [1.82, 2.24) is 0 Å². The summed E-state index contributed by atoms with van der Waals surface area (Å²) >= 11 is 19.8. The highest BCUT2D eigenvalue weighted by molar-refractivity contribution is 14.1. The van der Waals surface area contributed by atoms with Crippen molar-refractivity contribution in [3.8, 4) is 23.0 Å². The van der Waals surface area contributed by atoms with Gasteiger partial charge in [0.2, 0.25) is 0 Å². The average Bonchev–Trinajstić information content (AvgIpc) is 2.71. The summed E-state index contributed by atoms with van der Waals surface area (Å²) in [6, 6.07) is 0. The van der Waals surface area contributed by atoms with E-state index in [9.17, 15) is 4.79 Å². The van der Waals surface area contributed by atoms with Crippen LogP contribution in [0, 0.1) is 0 Å². The molecule has 2 aromatic rings. The SMILES string of the molecule is COc1c(Br)c(Br)c(C(=O)c2c(Br)c(Br)c(OC)c(OC)c2CI)c(Br)c1OC. The van der Waals surface area contributed by atoms with E-state index in [0.717, 1.165) is 0 Å². The maximum atomic E-state index is 13.8. The van der Waals surface area contributed by atoms with Gasteiger partial charge in [0.25, 0.3) is 0 Å². The fourth-order valence-corrected chi connectivity index (χ4v) is 6.71. The van der Waals surface area contributed by atoms with Crippen molar-refractivity contribution in [1.29, 1.82) is 0 Å². The first kappa shape index (κ1) is 25.7. The van der Waals surface area contributed by atoms with Crippen molar-refractivity contribution in [3.63, 3.8) is 0 Å². The summed E-state index contributed by atoms with van der Waals surface area (Å²) in [5.41, 5.74) is 1.53. The summed E-state index contributed by atoms with van der Waals surface area (Å²) < 4.78 is 25.2. The van der Waals surface area contributed by atoms with Gasteiger partial charge in [0.05, 0.1) is 47.4 Å². The molecule has 0 spiro atoms. The van der Waals surface area contributed by atoms with Crippen LogP contribution in [0.25, 0.3) is 0 Å². The number of carbonyl (C=O) groups excluding carboxylic acids is 1. The molecule has 0 radical (unpaired) electrons. The third-order valence-corrected chi connectivity index (χ3v) is 9.72. The molecule has 0 bridgehead atoms. The van der Waals surface area contributed by atoms with Gasteiger partial charge in [-0.2, -0.15) is 0 Å². The first-order valence-electron chi connectivity index (χ1n) is 7.72. The van der Waals surface area contributed by atoms with E-state index in [-0.39, 0.29) is 5.78 Å². The summed E-state index contributed by atoms with van der Waals surface area (Å²) in [5, 5.41) is 0. The Morgan fingerprint density at radius 3 is 1.45 bits per heavy atom. The van der Waals surface area contributed by atoms with Gasteiger partial charge in [-0.05, 0) is 79.6 Å². The molecule has 0 unspecified atom stereocenters. The maximum absolute atomic E-state index is 13.8. The molecule has 0 fully saturated rings. The number of carbonyl (C=O) groups is 1. The normalized spacial score (nSPS) is 10.7. The van der Waals surface area contributed by atoms with Gasteiger partial charge in [-0.1, -0.05) is 22.6 Å². The van der Waals surface area contributed by atoms with Gasteiger partial charge in [-0.15, -0.1) is 0 Å². The fourth-order valence-electron chi connectivity index (χ4n) is 2.76. The van der Waals surface area contributed by atoms with Gasteiger partial charge >= 0.3 is 0 Å². The summed E-state index contributed by atoms with van der Waals surface area (Å²) in [7, 11) is 6.13. The molecule has 0 aromatic heterocycles. The van der Waals surface area contributed by atoms with Crippen molar-refractivity contribution >= 4 is 108 Å². The quantitative estimate of drug-likeness (QED) is 0.124. The Bertz CT molecular complexity index is 981. The molecule has 2 rings (SSSR count). The third-order valence-electron chi connectivity index (χ3n) is 4.03. The number of methoxy groups -OCH3 is 4. The molecule has 2 aromatic carbocycles. The average molecular weight is 837 g/mol. The molecular weight excluding hydrogens is 823 g/mol. The molecule has 0 amide bonds. The van der Waals surface area contributed by atoms with Crippen LogP contribution in [0.2, 0.25) is 0 Å². The Labute approximate surface area is 224 Å². The van der Waals surface area contributed by atoms with Gasteiger partial charge in [0.1, 0.15) is 0 Å². The van der Waals surface area contributed by atoms with Crippen molar-refractivity contribution in [2.45, 2.75) is 4.43 Å². The number of ether oxygens (including phenoxy) is 4. The molecule has 158 valence electrons. The van der Waals surface area contributed by atoms with Gasteiger partial charge in [-0.25, -0.2) is 0 Å². The number of hydrogen-bond acceptors (Lipinski definition) is 5. The van der Waals surface area contributed by atoms with Gasteiger partial charge < -0.3 is 18.9 Å². The van der Waals surface area contributed by atoms with Crippen LogP contribution in [0.1, 0.15) is 21.5 Å². The molecule has 0 N–H and O–H groups in total. The minimum absolute atomic E-state index is 0.245. The molecule has 11 heteroatoms. The third kappa shape index (κ3) is 4.50. The van der Waals surface area contributed by atoms with Gasteiger partial charge in [0, 0.05) is 24.5 Å². The highest BCUT2D eigenvalue weighted by atomic mass is 127. The largest absolute Gasteiger partial charge is 0.492 e. The molecule has 0 atom stereocenters. The second-order valence-electron chi connectivity index (χ2n) is 5.39. The standard InChI is InChI=1S/C18H14Br5IO5/c1-26-15-6(5-24)7(9(19)12(22)17(15)28-3)14(25)8-10(20)13(23)18(29-4)16(27-2)11(8)21/h5H2,1-4H3. The summed E-state index contributed by atoms with van der Waals surface area (Å²) in [5.74, 6) is 1.62. The van der Waals surface area contributed by atoms with Crippen LogP contribution in [0.3, 0.4) is 0 Å². The zero-order valence-corrected chi connectivity index (χ0v) is 25.6. The van der Waals surface area contributed by atoms with Crippen molar-refractivity contribution in [2.24, 2.45) is 0 Å². The predicted octanol–water partition coefficient (Wildman–Crippen LogP) is 7.70. The number of halogens is 6. The van der Waals surface area contributed by atoms with E-state index in [4.69, 9.17) is 18.9 Å². The molecule has 0 saturated heterocycles. The van der Waals surface area contributed by atoms with E-state index in [1.165, 1.54) is 14.2 Å². The van der Waals surface area contributed by atoms with E-state index in [2.05, 4.69) is 102 Å². The number of ketones is 1. The Balaban J connectivity index is 2.94. The topological polar surface area (TPSA) is 54.0 Å². The molecule has 0 aliphatic heterocycles. The first-order chi connectivity index (χ1) is 13.7. The van der Waals surface area contributed by atoms with Gasteiger partial charge in [-0.3, -0.25) is 4.79 Å². The van der Waals surface area contributed by atoms with Crippen molar-refractivity contribution < 1.29 is 23.7 Å². The number of benzene rings is 2. The van der Waals surface area contributed by atoms with Crippen LogP contribution in [0.15, 0.2) is 22.4 Å². The maximum Gasteiger partial charge on any atom is 0.197 e. The molecule has 5 nitrogen and oxygen atoms in total. The highest BCUT2D eigenvalue weighted by Gasteiger charge is 2.32. The molecular formula is C18H14Br5IO5. The zero-order chi connectivity index (χ0) is 22.0. The lowest BCUT2D eigenvalue weighted by atomic mass is 9.97. The van der Waals surface area contributed by atoms with Crippen molar-refractivity contribution in [3.05, 3.63) is 39.1 Å². The van der Waals surface area contributed by atoms with Crippen LogP contribution in [-0.2, 0) is 4.43 Å². The Hall–Kier alpha value is 0.440. The van der Waals surface area contributed by atoms with E-state index >= 15 is 0 Å². The number of hydrogen-bond donors (Lipinski definition) is 0. The van der Waals surface area contributed by atoms with Crippen molar-refractivity contribution in [2.75, 3.05) is 28.4 Å². The van der Waals surface area contributed by atoms with E-state index in [1.54, 1.807) is 14.2 Å². The van der Waals surface area contributed by atoms with Crippen LogP contribution >= 0.6 is 102 Å². The van der Waals surface area contributed by atoms with E-state index in [0.29, 0.717) is 66.5 Å². The molecule has 29 heavy (non-hydrogen) atoms. The van der Waals surface area contributed by atoms with Crippen LogP contribution < -0.4 is 18.9 Å². The molecule has 0 aliphatic carbocycles. The lowest BCUT2D eigenvalue weighted by Crippen LogP contribution is -2.12. The Morgan fingerprint density at radius 1 is 0.655 bits per heavy atom. The van der Waals surface area contributed by atoms with Crippen LogP contribution in [0.4, 0.5) is 0 Å². The van der Waals surface area contributed by atoms with Gasteiger partial charge in [0.15, 0.2) is 28.8 Å². The summed E-state index contributed by atoms with van der Waals surface area (Å²) in [6.45, 7) is 0. The van der Waals surface area contributed by atoms with Crippen LogP contribution in [0.5, 0.6) is 23.0 Å².